The molecule has 1 fully saturated rings. The second kappa shape index (κ2) is 4.98. The largest absolute Gasteiger partial charge is 0.444 e. The molecule has 0 spiro atoms. The summed E-state index contributed by atoms with van der Waals surface area (Å²) >= 11 is 9.44. The van der Waals surface area contributed by atoms with E-state index in [1.807, 2.05) is 39.0 Å². The average Bonchev–Trinajstić information content (AvgIpc) is 2.94. The summed E-state index contributed by atoms with van der Waals surface area (Å²) in [5.41, 5.74) is 0.242. The molecule has 0 radical (unpaired) electrons. The molecule has 0 bridgehead atoms. The maximum atomic E-state index is 11.9. The Morgan fingerprint density at radius 2 is 2.05 bits per heavy atom. The third-order valence-electron chi connectivity index (χ3n) is 2.94. The van der Waals surface area contributed by atoms with E-state index in [2.05, 4.69) is 21.2 Å². The van der Waals surface area contributed by atoms with Gasteiger partial charge in [-0.25, -0.2) is 4.79 Å². The molecule has 0 unspecified atom stereocenters. The highest BCUT2D eigenvalue weighted by molar-refractivity contribution is 9.10. The molecule has 0 heterocycles. The van der Waals surface area contributed by atoms with Crippen LogP contribution in [0, 0.1) is 0 Å². The Balaban J connectivity index is 2.13. The lowest BCUT2D eigenvalue weighted by Gasteiger charge is -2.24. The fourth-order valence-electron chi connectivity index (χ4n) is 1.96. The van der Waals surface area contributed by atoms with Crippen molar-refractivity contribution in [3.63, 3.8) is 0 Å². The molecule has 1 aliphatic rings. The van der Waals surface area contributed by atoms with Crippen LogP contribution in [-0.4, -0.2) is 11.7 Å². The van der Waals surface area contributed by atoms with Crippen LogP contribution in [0.1, 0.15) is 39.2 Å². The zero-order chi connectivity index (χ0) is 14.3. The average molecular weight is 347 g/mol. The van der Waals surface area contributed by atoms with Gasteiger partial charge in [-0.15, -0.1) is 0 Å². The van der Waals surface area contributed by atoms with Gasteiger partial charge in [-0.2, -0.15) is 0 Å². The molecule has 3 nitrogen and oxygen atoms in total. The Morgan fingerprint density at radius 3 is 2.53 bits per heavy atom. The first-order valence-electron chi connectivity index (χ1n) is 6.19. The number of halogens is 2. The second-order valence-corrected chi connectivity index (χ2v) is 7.12. The van der Waals surface area contributed by atoms with Gasteiger partial charge in [0.15, 0.2) is 0 Å². The van der Waals surface area contributed by atoms with E-state index in [1.54, 1.807) is 0 Å². The molecule has 0 aromatic heterocycles. The summed E-state index contributed by atoms with van der Waals surface area (Å²) in [6.07, 6.45) is 1.44. The molecule has 0 atom stereocenters. The Kier molecular flexibility index (Phi) is 3.85. The molecule has 1 aromatic rings. The fourth-order valence-corrected chi connectivity index (χ4v) is 3.03. The van der Waals surface area contributed by atoms with Crippen LogP contribution < -0.4 is 5.32 Å². The number of hydrogen-bond donors (Lipinski definition) is 1. The molecule has 19 heavy (non-hydrogen) atoms. The highest BCUT2D eigenvalue weighted by atomic mass is 79.9. The minimum absolute atomic E-state index is 0.314. The van der Waals surface area contributed by atoms with E-state index in [4.69, 9.17) is 16.3 Å². The number of carbonyl (C=O) groups is 1. The van der Waals surface area contributed by atoms with E-state index in [1.165, 1.54) is 0 Å². The fraction of sp³-hybridized carbons (Fsp3) is 0.500. The lowest BCUT2D eigenvalue weighted by atomic mass is 10.1. The minimum atomic E-state index is -0.489. The first-order chi connectivity index (χ1) is 8.72. The van der Waals surface area contributed by atoms with Gasteiger partial charge in [0.25, 0.3) is 0 Å². The predicted octanol–water partition coefficient (Wildman–Crippen LogP) is 4.62. The minimum Gasteiger partial charge on any atom is -0.444 e. The van der Waals surface area contributed by atoms with Gasteiger partial charge in [0.2, 0.25) is 0 Å². The number of alkyl carbamates (subject to hydrolysis) is 1. The van der Waals surface area contributed by atoms with Crippen LogP contribution in [0.4, 0.5) is 4.79 Å². The Labute approximate surface area is 126 Å². The quantitative estimate of drug-likeness (QED) is 0.849. The van der Waals surface area contributed by atoms with Crippen LogP contribution >= 0.6 is 27.5 Å². The number of ether oxygens (including phenoxy) is 1. The van der Waals surface area contributed by atoms with Crippen LogP contribution in [0.2, 0.25) is 5.02 Å². The number of rotatable bonds is 2. The lowest BCUT2D eigenvalue weighted by Crippen LogP contribution is -2.39. The van der Waals surface area contributed by atoms with Crippen molar-refractivity contribution in [2.24, 2.45) is 0 Å². The molecule has 1 aromatic carbocycles. The van der Waals surface area contributed by atoms with Crippen molar-refractivity contribution in [2.75, 3.05) is 0 Å². The van der Waals surface area contributed by atoms with Crippen molar-refractivity contribution in [1.29, 1.82) is 0 Å². The van der Waals surface area contributed by atoms with Crippen molar-refractivity contribution >= 4 is 33.6 Å². The third-order valence-corrected chi connectivity index (χ3v) is 3.83. The number of amides is 1. The summed E-state index contributed by atoms with van der Waals surface area (Å²) in [6, 6.07) is 5.61. The Bertz CT molecular complexity index is 507. The first kappa shape index (κ1) is 14.7. The Morgan fingerprint density at radius 1 is 1.42 bits per heavy atom. The lowest BCUT2D eigenvalue weighted by molar-refractivity contribution is 0.0495. The highest BCUT2D eigenvalue weighted by Gasteiger charge is 2.47. The summed E-state index contributed by atoms with van der Waals surface area (Å²) in [5.74, 6) is 0. The normalized spacial score (nSPS) is 16.9. The Hall–Kier alpha value is -0.740. The van der Waals surface area contributed by atoms with Crippen molar-refractivity contribution in [3.05, 3.63) is 33.3 Å². The highest BCUT2D eigenvalue weighted by Crippen LogP contribution is 2.48. The zero-order valence-corrected chi connectivity index (χ0v) is 13.6. The van der Waals surface area contributed by atoms with E-state index in [9.17, 15) is 4.79 Å². The maximum absolute atomic E-state index is 11.9. The van der Waals surface area contributed by atoms with Crippen LogP contribution in [0.15, 0.2) is 22.7 Å². The van der Waals surface area contributed by atoms with Gasteiger partial charge in [0, 0.05) is 9.50 Å². The third kappa shape index (κ3) is 3.63. The van der Waals surface area contributed by atoms with Crippen molar-refractivity contribution in [2.45, 2.75) is 44.8 Å². The zero-order valence-electron chi connectivity index (χ0n) is 11.2. The van der Waals surface area contributed by atoms with Gasteiger partial charge in [-0.1, -0.05) is 33.6 Å². The molecule has 1 aliphatic carbocycles. The summed E-state index contributed by atoms with van der Waals surface area (Å²) < 4.78 is 6.22. The summed E-state index contributed by atoms with van der Waals surface area (Å²) in [6.45, 7) is 5.55. The molecule has 1 saturated carbocycles. The molecule has 0 aliphatic heterocycles. The van der Waals surface area contributed by atoms with Crippen LogP contribution in [0.25, 0.3) is 0 Å². The summed E-state index contributed by atoms with van der Waals surface area (Å²) in [4.78, 5) is 11.9. The van der Waals surface area contributed by atoms with Crippen LogP contribution in [0.3, 0.4) is 0 Å². The monoisotopic (exact) mass is 345 g/mol. The maximum Gasteiger partial charge on any atom is 0.408 e. The number of hydrogen-bond acceptors (Lipinski definition) is 2. The predicted molar refractivity (Wildman–Crippen MR) is 79.4 cm³/mol. The van der Waals surface area contributed by atoms with E-state index in [0.717, 1.165) is 22.9 Å². The molecule has 1 N–H and O–H groups in total. The standard InChI is InChI=1S/C14H17BrClNO2/c1-13(2,3)19-12(18)17-14(6-7-14)10-5-4-9(16)8-11(10)15/h4-5,8H,6-7H2,1-3H3,(H,17,18). The second-order valence-electron chi connectivity index (χ2n) is 5.83. The van der Waals surface area contributed by atoms with Gasteiger partial charge in [-0.3, -0.25) is 0 Å². The van der Waals surface area contributed by atoms with E-state index in [0.29, 0.717) is 5.02 Å². The SMILES string of the molecule is CC(C)(C)OC(=O)NC1(c2ccc(Cl)cc2Br)CC1. The van der Waals surface area contributed by atoms with Crippen molar-refractivity contribution in [1.82, 2.24) is 5.32 Å². The number of nitrogens with one attached hydrogen (secondary N) is 1. The number of carbonyl (C=O) groups excluding carboxylic acids is 1. The number of benzene rings is 1. The molecular weight excluding hydrogens is 330 g/mol. The van der Waals surface area contributed by atoms with Gasteiger partial charge in [-0.05, 0) is 51.3 Å². The smallest absolute Gasteiger partial charge is 0.408 e. The van der Waals surface area contributed by atoms with Crippen LogP contribution in [0.5, 0.6) is 0 Å². The molecule has 0 saturated heterocycles. The van der Waals surface area contributed by atoms with E-state index >= 15 is 0 Å². The van der Waals surface area contributed by atoms with E-state index in [-0.39, 0.29) is 11.6 Å². The van der Waals surface area contributed by atoms with Gasteiger partial charge < -0.3 is 10.1 Å². The van der Waals surface area contributed by atoms with Gasteiger partial charge >= 0.3 is 6.09 Å². The molecule has 2 rings (SSSR count). The molecular formula is C14H17BrClNO2. The molecule has 1 amide bonds. The first-order valence-corrected chi connectivity index (χ1v) is 7.36. The summed E-state index contributed by atoms with van der Waals surface area (Å²) in [5, 5.41) is 3.64. The molecule has 5 heteroatoms. The summed E-state index contributed by atoms with van der Waals surface area (Å²) in [7, 11) is 0. The van der Waals surface area contributed by atoms with E-state index < -0.39 is 5.60 Å². The topological polar surface area (TPSA) is 38.3 Å². The van der Waals surface area contributed by atoms with Crippen molar-refractivity contribution < 1.29 is 9.53 Å². The van der Waals surface area contributed by atoms with Gasteiger partial charge in [0.1, 0.15) is 5.60 Å². The van der Waals surface area contributed by atoms with Crippen molar-refractivity contribution in [3.8, 4) is 0 Å². The molecule has 104 valence electrons. The van der Waals surface area contributed by atoms with Gasteiger partial charge in [0.05, 0.1) is 5.54 Å². The van der Waals surface area contributed by atoms with Crippen LogP contribution in [-0.2, 0) is 10.3 Å².